The fourth-order valence-electron chi connectivity index (χ4n) is 4.26. The number of phenols is 1. The molecule has 0 bridgehead atoms. The average Bonchev–Trinajstić information content (AvgIpc) is 2.74. The van der Waals surface area contributed by atoms with Gasteiger partial charge in [-0.05, 0) is 47.5 Å². The van der Waals surface area contributed by atoms with Crippen molar-refractivity contribution >= 4 is 10.8 Å². The lowest BCUT2D eigenvalue weighted by Gasteiger charge is -2.30. The first-order chi connectivity index (χ1) is 14.2. The van der Waals surface area contributed by atoms with E-state index in [0.717, 1.165) is 48.8 Å². The fourth-order valence-corrected chi connectivity index (χ4v) is 4.26. The first kappa shape index (κ1) is 17.8. The van der Waals surface area contributed by atoms with Gasteiger partial charge in [-0.1, -0.05) is 42.5 Å². The van der Waals surface area contributed by atoms with Crippen LogP contribution in [0.3, 0.4) is 0 Å². The van der Waals surface area contributed by atoms with E-state index in [4.69, 9.17) is 9.97 Å². The van der Waals surface area contributed by atoms with Crippen LogP contribution in [0, 0.1) is 6.92 Å². The molecule has 0 atom stereocenters. The van der Waals surface area contributed by atoms with Crippen molar-refractivity contribution in [2.75, 3.05) is 6.54 Å². The summed E-state index contributed by atoms with van der Waals surface area (Å²) in [5.74, 6) is 1.07. The van der Waals surface area contributed by atoms with Crippen molar-refractivity contribution in [1.29, 1.82) is 0 Å². The molecule has 1 aliphatic rings. The molecule has 144 valence electrons. The summed E-state index contributed by atoms with van der Waals surface area (Å²) in [5.41, 5.74) is 5.71. The summed E-state index contributed by atoms with van der Waals surface area (Å²) in [7, 11) is 0. The molecule has 0 aliphatic carbocycles. The van der Waals surface area contributed by atoms with Crippen molar-refractivity contribution in [3.63, 3.8) is 0 Å². The number of phenolic OH excluding ortho intramolecular Hbond substituents is 1. The molecule has 5 rings (SSSR count). The molecule has 0 spiro atoms. The Bertz CT molecular complexity index is 1180. The zero-order valence-corrected chi connectivity index (χ0v) is 16.5. The van der Waals surface area contributed by atoms with Crippen LogP contribution in [0.4, 0.5) is 0 Å². The zero-order chi connectivity index (χ0) is 19.8. The van der Waals surface area contributed by atoms with Gasteiger partial charge in [-0.2, -0.15) is 0 Å². The molecule has 0 radical (unpaired) electrons. The Morgan fingerprint density at radius 1 is 0.931 bits per heavy atom. The molecule has 29 heavy (non-hydrogen) atoms. The molecule has 1 aromatic heterocycles. The Morgan fingerprint density at radius 3 is 2.59 bits per heavy atom. The lowest BCUT2D eigenvalue weighted by Crippen LogP contribution is -2.31. The van der Waals surface area contributed by atoms with Gasteiger partial charge in [0.05, 0.1) is 11.4 Å². The molecular formula is C25H23N3O. The van der Waals surface area contributed by atoms with Crippen LogP contribution in [-0.4, -0.2) is 26.5 Å². The third kappa shape index (κ3) is 3.47. The Kier molecular flexibility index (Phi) is 4.49. The molecule has 4 aromatic rings. The van der Waals surface area contributed by atoms with E-state index < -0.39 is 0 Å². The second-order valence-electron chi connectivity index (χ2n) is 7.69. The van der Waals surface area contributed by atoms with Gasteiger partial charge in [0.25, 0.3) is 0 Å². The zero-order valence-electron chi connectivity index (χ0n) is 16.5. The largest absolute Gasteiger partial charge is 0.508 e. The number of benzene rings is 3. The molecule has 0 unspecified atom stereocenters. The number of fused-ring (bicyclic) bond motifs is 2. The Balaban J connectivity index is 1.49. The maximum Gasteiger partial charge on any atom is 0.126 e. The number of nitrogens with zero attached hydrogens (tertiary/aromatic N) is 3. The first-order valence-electron chi connectivity index (χ1n) is 10.0. The number of hydrogen-bond acceptors (Lipinski definition) is 4. The topological polar surface area (TPSA) is 49.3 Å². The molecule has 3 aromatic carbocycles. The average molecular weight is 381 g/mol. The number of aromatic nitrogens is 2. The highest BCUT2D eigenvalue weighted by atomic mass is 16.3. The van der Waals surface area contributed by atoms with Gasteiger partial charge in [-0.3, -0.25) is 4.90 Å². The second-order valence-corrected chi connectivity index (χ2v) is 7.69. The highest BCUT2D eigenvalue weighted by molar-refractivity contribution is 5.85. The first-order valence-corrected chi connectivity index (χ1v) is 10.0. The molecule has 0 fully saturated rings. The number of rotatable bonds is 3. The van der Waals surface area contributed by atoms with E-state index in [0.29, 0.717) is 0 Å². The maximum atomic E-state index is 9.65. The minimum absolute atomic E-state index is 0.269. The van der Waals surface area contributed by atoms with Gasteiger partial charge in [-0.25, -0.2) is 9.97 Å². The molecule has 4 nitrogen and oxygen atoms in total. The van der Waals surface area contributed by atoms with E-state index in [9.17, 15) is 5.11 Å². The van der Waals surface area contributed by atoms with E-state index in [1.54, 1.807) is 12.1 Å². The van der Waals surface area contributed by atoms with Crippen molar-refractivity contribution in [2.24, 2.45) is 0 Å². The molecule has 1 N–H and O–H groups in total. The quantitative estimate of drug-likeness (QED) is 0.550. The van der Waals surface area contributed by atoms with E-state index in [1.165, 1.54) is 21.9 Å². The lowest BCUT2D eigenvalue weighted by atomic mass is 9.98. The summed E-state index contributed by atoms with van der Waals surface area (Å²) in [5, 5.41) is 12.3. The lowest BCUT2D eigenvalue weighted by molar-refractivity contribution is 0.244. The minimum Gasteiger partial charge on any atom is -0.508 e. The van der Waals surface area contributed by atoms with Crippen molar-refractivity contribution in [3.05, 3.63) is 89.4 Å². The van der Waals surface area contributed by atoms with Crippen molar-refractivity contribution in [3.8, 4) is 17.0 Å². The summed E-state index contributed by atoms with van der Waals surface area (Å²) in [6.45, 7) is 4.67. The van der Waals surface area contributed by atoms with Crippen LogP contribution in [-0.2, 0) is 19.5 Å². The van der Waals surface area contributed by atoms with Crippen LogP contribution in [0.1, 0.15) is 22.6 Å². The maximum absolute atomic E-state index is 9.65. The molecule has 0 amide bonds. The summed E-state index contributed by atoms with van der Waals surface area (Å²) < 4.78 is 0. The van der Waals surface area contributed by atoms with E-state index in [2.05, 4.69) is 47.4 Å². The molecule has 0 saturated heterocycles. The Hall–Kier alpha value is -3.24. The second kappa shape index (κ2) is 7.30. The molecule has 2 heterocycles. The fraction of sp³-hybridized carbons (Fsp3) is 0.200. The van der Waals surface area contributed by atoms with Crippen molar-refractivity contribution in [1.82, 2.24) is 14.9 Å². The van der Waals surface area contributed by atoms with Gasteiger partial charge < -0.3 is 5.11 Å². The van der Waals surface area contributed by atoms with Gasteiger partial charge in [0.1, 0.15) is 11.6 Å². The number of aromatic hydroxyl groups is 1. The van der Waals surface area contributed by atoms with Gasteiger partial charge in [0.2, 0.25) is 0 Å². The van der Waals surface area contributed by atoms with Crippen molar-refractivity contribution in [2.45, 2.75) is 26.4 Å². The summed E-state index contributed by atoms with van der Waals surface area (Å²) in [6, 6.07) is 22.4. The monoisotopic (exact) mass is 381 g/mol. The SMILES string of the molecule is Cc1nc2c(c(-c3ccc(O)cc3)n1)CN(Cc1cccc3ccccc13)CC2. The Morgan fingerprint density at radius 2 is 1.72 bits per heavy atom. The van der Waals surface area contributed by atoms with Gasteiger partial charge in [-0.15, -0.1) is 0 Å². The summed E-state index contributed by atoms with van der Waals surface area (Å²) >= 11 is 0. The van der Waals surface area contributed by atoms with E-state index >= 15 is 0 Å². The van der Waals surface area contributed by atoms with Gasteiger partial charge >= 0.3 is 0 Å². The van der Waals surface area contributed by atoms with E-state index in [1.807, 2.05) is 19.1 Å². The normalized spacial score (nSPS) is 14.1. The predicted molar refractivity (Wildman–Crippen MR) is 116 cm³/mol. The van der Waals surface area contributed by atoms with E-state index in [-0.39, 0.29) is 5.75 Å². The van der Waals surface area contributed by atoms with Crippen molar-refractivity contribution < 1.29 is 5.11 Å². The molecule has 0 saturated carbocycles. The summed E-state index contributed by atoms with van der Waals surface area (Å²) in [4.78, 5) is 12.0. The number of aryl methyl sites for hydroxylation is 1. The smallest absolute Gasteiger partial charge is 0.126 e. The van der Waals surface area contributed by atoms with Gasteiger partial charge in [0.15, 0.2) is 0 Å². The van der Waals surface area contributed by atoms with Crippen LogP contribution in [0.2, 0.25) is 0 Å². The Labute approximate surface area is 170 Å². The van der Waals surface area contributed by atoms with Crippen LogP contribution >= 0.6 is 0 Å². The van der Waals surface area contributed by atoms with Crippen LogP contribution < -0.4 is 0 Å². The third-order valence-corrected chi connectivity index (χ3v) is 5.67. The minimum atomic E-state index is 0.269. The van der Waals surface area contributed by atoms with Crippen LogP contribution in [0.25, 0.3) is 22.0 Å². The highest BCUT2D eigenvalue weighted by Gasteiger charge is 2.23. The number of hydrogen-bond donors (Lipinski definition) is 1. The van der Waals surface area contributed by atoms with Crippen LogP contribution in [0.15, 0.2) is 66.7 Å². The molecular weight excluding hydrogens is 358 g/mol. The molecule has 4 heteroatoms. The standard InChI is InChI=1S/C25H23N3O/c1-17-26-24-13-14-28(15-20-7-4-6-18-5-2-3-8-22(18)20)16-23(24)25(27-17)19-9-11-21(29)12-10-19/h2-12,29H,13-16H2,1H3. The van der Waals surface area contributed by atoms with Crippen LogP contribution in [0.5, 0.6) is 5.75 Å². The van der Waals surface area contributed by atoms with Gasteiger partial charge in [0, 0.05) is 37.2 Å². The predicted octanol–water partition coefficient (Wildman–Crippen LogP) is 4.87. The third-order valence-electron chi connectivity index (χ3n) is 5.67. The highest BCUT2D eigenvalue weighted by Crippen LogP contribution is 2.30. The molecule has 1 aliphatic heterocycles. The summed E-state index contributed by atoms with van der Waals surface area (Å²) in [6.07, 6.45) is 0.925.